The van der Waals surface area contributed by atoms with Crippen LogP contribution in [0.2, 0.25) is 0 Å². The first-order valence-corrected chi connectivity index (χ1v) is 6.84. The van der Waals surface area contributed by atoms with Crippen LogP contribution in [0.1, 0.15) is 13.3 Å². The number of hydrogen-bond acceptors (Lipinski definition) is 4. The summed E-state index contributed by atoms with van der Waals surface area (Å²) in [7, 11) is 0. The molecule has 5 nitrogen and oxygen atoms in total. The van der Waals surface area contributed by atoms with E-state index in [2.05, 4.69) is 33.1 Å². The highest BCUT2D eigenvalue weighted by molar-refractivity contribution is 9.10. The van der Waals surface area contributed by atoms with Crippen molar-refractivity contribution in [1.82, 2.24) is 5.32 Å². The minimum absolute atomic E-state index is 0.171. The van der Waals surface area contributed by atoms with Gasteiger partial charge in [-0.05, 0) is 18.6 Å². The topological polar surface area (TPSA) is 58.4 Å². The number of nitrogens with zero attached hydrogens (tertiary/aromatic N) is 2. The highest BCUT2D eigenvalue weighted by Crippen LogP contribution is 2.33. The van der Waals surface area contributed by atoms with Gasteiger partial charge in [0.25, 0.3) is 5.69 Å². The minimum Gasteiger partial charge on any atom is -0.360 e. The molecule has 0 amide bonds. The molecule has 18 heavy (non-hydrogen) atoms. The van der Waals surface area contributed by atoms with Gasteiger partial charge < -0.3 is 10.2 Å². The van der Waals surface area contributed by atoms with Crippen molar-refractivity contribution in [3.05, 3.63) is 32.8 Å². The van der Waals surface area contributed by atoms with Crippen LogP contribution in [-0.4, -0.2) is 30.6 Å². The van der Waals surface area contributed by atoms with Crippen LogP contribution in [-0.2, 0) is 0 Å². The lowest BCUT2D eigenvalue weighted by Crippen LogP contribution is -2.57. The fourth-order valence-electron chi connectivity index (χ4n) is 2.12. The van der Waals surface area contributed by atoms with Gasteiger partial charge in [-0.3, -0.25) is 10.1 Å². The largest absolute Gasteiger partial charge is 0.360 e. The Morgan fingerprint density at radius 1 is 1.56 bits per heavy atom. The first-order chi connectivity index (χ1) is 8.63. The zero-order valence-corrected chi connectivity index (χ0v) is 11.8. The number of nitrogens with one attached hydrogen (secondary N) is 1. The molecule has 2 rings (SSSR count). The Balaban J connectivity index is 2.36. The number of halogens is 1. The Kier molecular flexibility index (Phi) is 4.19. The number of nitro groups is 1. The van der Waals surface area contributed by atoms with Crippen LogP contribution in [0.3, 0.4) is 0 Å². The lowest BCUT2D eigenvalue weighted by Gasteiger charge is -2.39. The standard InChI is InChI=1S/C12H16BrN3O2/c1-2-5-15(10-7-14-8-10)11-4-3-9(13)6-12(11)16(17)18/h3-4,6,10,14H,2,5,7-8H2,1H3. The maximum Gasteiger partial charge on any atom is 0.293 e. The highest BCUT2D eigenvalue weighted by Gasteiger charge is 2.28. The van der Waals surface area contributed by atoms with Gasteiger partial charge in [-0.2, -0.15) is 0 Å². The normalized spacial score (nSPS) is 15.2. The molecular weight excluding hydrogens is 298 g/mol. The molecule has 1 aliphatic rings. The van der Waals surface area contributed by atoms with Gasteiger partial charge in [-0.1, -0.05) is 22.9 Å². The summed E-state index contributed by atoms with van der Waals surface area (Å²) in [6, 6.07) is 5.63. The van der Waals surface area contributed by atoms with Gasteiger partial charge in [0, 0.05) is 30.2 Å². The maximum atomic E-state index is 11.2. The summed E-state index contributed by atoms with van der Waals surface area (Å²) in [6.45, 7) is 4.72. The van der Waals surface area contributed by atoms with Gasteiger partial charge in [-0.15, -0.1) is 0 Å². The predicted octanol–water partition coefficient (Wildman–Crippen LogP) is 2.55. The fraction of sp³-hybridized carbons (Fsp3) is 0.500. The fourth-order valence-corrected chi connectivity index (χ4v) is 2.47. The zero-order chi connectivity index (χ0) is 13.1. The van der Waals surface area contributed by atoms with Gasteiger partial charge >= 0.3 is 0 Å². The Labute approximate surface area is 114 Å². The first kappa shape index (κ1) is 13.3. The molecule has 0 spiro atoms. The molecule has 0 aliphatic carbocycles. The molecule has 1 aromatic rings. The molecule has 1 heterocycles. The SMILES string of the molecule is CCCN(c1ccc(Br)cc1[N+](=O)[O-])C1CNC1. The van der Waals surface area contributed by atoms with Crippen molar-refractivity contribution >= 4 is 27.3 Å². The molecule has 0 radical (unpaired) electrons. The zero-order valence-electron chi connectivity index (χ0n) is 10.2. The monoisotopic (exact) mass is 313 g/mol. The van der Waals surface area contributed by atoms with Crippen molar-refractivity contribution in [3.8, 4) is 0 Å². The smallest absolute Gasteiger partial charge is 0.293 e. The lowest BCUT2D eigenvalue weighted by atomic mass is 10.1. The third-order valence-corrected chi connectivity index (χ3v) is 3.60. The molecule has 1 fully saturated rings. The molecule has 0 aromatic heterocycles. The van der Waals surface area contributed by atoms with E-state index in [-0.39, 0.29) is 10.6 Å². The first-order valence-electron chi connectivity index (χ1n) is 6.04. The minimum atomic E-state index is -0.311. The quantitative estimate of drug-likeness (QED) is 0.670. The second-order valence-corrected chi connectivity index (χ2v) is 5.31. The molecular formula is C12H16BrN3O2. The van der Waals surface area contributed by atoms with Crippen molar-refractivity contribution in [2.24, 2.45) is 0 Å². The van der Waals surface area contributed by atoms with Gasteiger partial charge in [-0.25, -0.2) is 0 Å². The third kappa shape index (κ3) is 2.64. The van der Waals surface area contributed by atoms with Crippen molar-refractivity contribution in [3.63, 3.8) is 0 Å². The Morgan fingerprint density at radius 3 is 2.78 bits per heavy atom. The summed E-state index contributed by atoms with van der Waals surface area (Å²) >= 11 is 3.29. The van der Waals surface area contributed by atoms with E-state index in [4.69, 9.17) is 0 Å². The van der Waals surface area contributed by atoms with E-state index in [1.165, 1.54) is 0 Å². The molecule has 98 valence electrons. The second-order valence-electron chi connectivity index (χ2n) is 4.40. The number of anilines is 1. The average Bonchev–Trinajstić information content (AvgIpc) is 2.26. The number of rotatable bonds is 5. The van der Waals surface area contributed by atoms with Crippen molar-refractivity contribution in [1.29, 1.82) is 0 Å². The molecule has 0 atom stereocenters. The second kappa shape index (κ2) is 5.67. The van der Waals surface area contributed by atoms with Crippen LogP contribution in [0.15, 0.2) is 22.7 Å². The van der Waals surface area contributed by atoms with Crippen molar-refractivity contribution in [2.45, 2.75) is 19.4 Å². The van der Waals surface area contributed by atoms with Crippen LogP contribution < -0.4 is 10.2 Å². The number of benzene rings is 1. The molecule has 6 heteroatoms. The van der Waals surface area contributed by atoms with Gasteiger partial charge in [0.05, 0.1) is 11.0 Å². The summed E-state index contributed by atoms with van der Waals surface area (Å²) in [5.74, 6) is 0. The molecule has 0 bridgehead atoms. The Morgan fingerprint density at radius 2 is 2.28 bits per heavy atom. The van der Waals surface area contributed by atoms with E-state index in [0.717, 1.165) is 36.2 Å². The Bertz CT molecular complexity index is 449. The van der Waals surface area contributed by atoms with Crippen molar-refractivity contribution in [2.75, 3.05) is 24.5 Å². The Hall–Kier alpha value is -1.14. The van der Waals surface area contributed by atoms with Gasteiger partial charge in [0.2, 0.25) is 0 Å². The van der Waals surface area contributed by atoms with Crippen LogP contribution in [0, 0.1) is 10.1 Å². The van der Waals surface area contributed by atoms with Crippen LogP contribution in [0.4, 0.5) is 11.4 Å². The van der Waals surface area contributed by atoms with E-state index < -0.39 is 0 Å². The average molecular weight is 314 g/mol. The molecule has 0 unspecified atom stereocenters. The van der Waals surface area contributed by atoms with Gasteiger partial charge in [0.15, 0.2) is 0 Å². The van der Waals surface area contributed by atoms with E-state index in [1.807, 2.05) is 12.1 Å². The molecule has 1 N–H and O–H groups in total. The van der Waals surface area contributed by atoms with E-state index >= 15 is 0 Å². The summed E-state index contributed by atoms with van der Waals surface area (Å²) in [6.07, 6.45) is 0.976. The molecule has 1 aromatic carbocycles. The molecule has 1 aliphatic heterocycles. The summed E-state index contributed by atoms with van der Waals surface area (Å²) in [4.78, 5) is 13.0. The predicted molar refractivity (Wildman–Crippen MR) is 75.1 cm³/mol. The lowest BCUT2D eigenvalue weighted by molar-refractivity contribution is -0.384. The van der Waals surface area contributed by atoms with Crippen LogP contribution >= 0.6 is 15.9 Å². The highest BCUT2D eigenvalue weighted by atomic mass is 79.9. The number of nitro benzene ring substituents is 1. The van der Waals surface area contributed by atoms with Crippen molar-refractivity contribution < 1.29 is 4.92 Å². The summed E-state index contributed by atoms with van der Waals surface area (Å²) in [5.41, 5.74) is 0.890. The summed E-state index contributed by atoms with van der Waals surface area (Å²) in [5, 5.41) is 14.4. The van der Waals surface area contributed by atoms with E-state index in [1.54, 1.807) is 6.07 Å². The van der Waals surface area contributed by atoms with Crippen LogP contribution in [0.5, 0.6) is 0 Å². The number of hydrogen-bond donors (Lipinski definition) is 1. The molecule has 0 saturated carbocycles. The molecule has 1 saturated heterocycles. The third-order valence-electron chi connectivity index (χ3n) is 3.11. The maximum absolute atomic E-state index is 11.2. The summed E-state index contributed by atoms with van der Waals surface area (Å²) < 4.78 is 0.737. The van der Waals surface area contributed by atoms with Gasteiger partial charge in [0.1, 0.15) is 5.69 Å². The van der Waals surface area contributed by atoms with E-state index in [9.17, 15) is 10.1 Å². The van der Waals surface area contributed by atoms with Crippen LogP contribution in [0.25, 0.3) is 0 Å². The van der Waals surface area contributed by atoms with E-state index in [0.29, 0.717) is 6.04 Å².